The smallest absolute Gasteiger partial charge is 0.312 e. The molecule has 0 aromatic rings. The molecule has 3 unspecified atom stereocenters. The van der Waals surface area contributed by atoms with Crippen LogP contribution in [0.1, 0.15) is 67.2 Å². The molecular weight excluding hydrogens is 224 g/mol. The minimum Gasteiger partial charge on any atom is -0.459 e. The summed E-state index contributed by atoms with van der Waals surface area (Å²) in [7, 11) is 0. The highest BCUT2D eigenvalue weighted by molar-refractivity contribution is 5.76. The average Bonchev–Trinajstić information content (AvgIpc) is 2.27. The lowest BCUT2D eigenvalue weighted by atomic mass is 9.44. The summed E-state index contributed by atoms with van der Waals surface area (Å²) in [6.07, 6.45) is 4.32. The second kappa shape index (κ2) is 3.98. The van der Waals surface area contributed by atoms with Gasteiger partial charge in [0.2, 0.25) is 0 Å². The van der Waals surface area contributed by atoms with E-state index < -0.39 is 0 Å². The zero-order valence-corrected chi connectivity index (χ0v) is 12.8. The molecule has 3 aliphatic rings. The van der Waals surface area contributed by atoms with Gasteiger partial charge in [0.1, 0.15) is 5.60 Å². The van der Waals surface area contributed by atoms with Crippen molar-refractivity contribution < 1.29 is 9.53 Å². The molecule has 3 aliphatic carbocycles. The molecule has 3 fully saturated rings. The number of carbonyl (C=O) groups is 1. The number of esters is 1. The van der Waals surface area contributed by atoms with Crippen molar-refractivity contribution in [3.63, 3.8) is 0 Å². The first-order chi connectivity index (χ1) is 8.13. The van der Waals surface area contributed by atoms with Crippen molar-refractivity contribution in [2.24, 2.45) is 22.7 Å². The predicted octanol–water partition coefficient (Wildman–Crippen LogP) is 4.18. The quantitative estimate of drug-likeness (QED) is 0.704. The Balaban J connectivity index is 2.11. The van der Waals surface area contributed by atoms with E-state index in [1.807, 2.05) is 20.8 Å². The van der Waals surface area contributed by atoms with Crippen molar-refractivity contribution in [2.45, 2.75) is 72.8 Å². The molecule has 2 heteroatoms. The maximum atomic E-state index is 12.3. The Bertz CT molecular complexity index is 354. The van der Waals surface area contributed by atoms with Gasteiger partial charge in [0.15, 0.2) is 0 Å². The van der Waals surface area contributed by atoms with Gasteiger partial charge in [-0.2, -0.15) is 0 Å². The van der Waals surface area contributed by atoms with E-state index in [4.69, 9.17) is 4.74 Å². The molecule has 0 aliphatic heterocycles. The Hall–Kier alpha value is -0.530. The molecule has 0 aromatic heterocycles. The zero-order valence-electron chi connectivity index (χ0n) is 12.8. The average molecular weight is 252 g/mol. The first kappa shape index (κ1) is 13.9. The van der Waals surface area contributed by atoms with Gasteiger partial charge in [-0.15, -0.1) is 0 Å². The fraction of sp³-hybridized carbons (Fsp3) is 0.938. The fourth-order valence-corrected chi connectivity index (χ4v) is 3.79. The number of rotatable bonds is 3. The Morgan fingerprint density at radius 1 is 1.33 bits per heavy atom. The van der Waals surface area contributed by atoms with E-state index in [9.17, 15) is 4.79 Å². The molecule has 0 radical (unpaired) electrons. The third-order valence-corrected chi connectivity index (χ3v) is 5.96. The van der Waals surface area contributed by atoms with Gasteiger partial charge in [-0.05, 0) is 57.8 Å². The molecule has 0 heterocycles. The molecule has 3 rings (SSSR count). The predicted molar refractivity (Wildman–Crippen MR) is 73.2 cm³/mol. The standard InChI is InChI=1S/C16H28O2/c1-7-14(2,3)13(17)18-16(6)9-8-11-10-12(16)15(11,4)5/h11-12H,7-10H2,1-6H3. The van der Waals surface area contributed by atoms with Crippen molar-refractivity contribution in [1.82, 2.24) is 0 Å². The molecule has 3 saturated carbocycles. The van der Waals surface area contributed by atoms with E-state index in [0.717, 1.165) is 18.8 Å². The van der Waals surface area contributed by atoms with Crippen LogP contribution in [0.4, 0.5) is 0 Å². The lowest BCUT2D eigenvalue weighted by Gasteiger charge is -2.63. The largest absolute Gasteiger partial charge is 0.459 e. The molecule has 2 bridgehead atoms. The Morgan fingerprint density at radius 2 is 1.94 bits per heavy atom. The highest BCUT2D eigenvalue weighted by Crippen LogP contribution is 2.63. The molecular formula is C16H28O2. The molecule has 18 heavy (non-hydrogen) atoms. The second-order valence-electron chi connectivity index (χ2n) is 7.78. The van der Waals surface area contributed by atoms with Crippen molar-refractivity contribution in [2.75, 3.05) is 0 Å². The second-order valence-corrected chi connectivity index (χ2v) is 7.78. The molecule has 0 N–H and O–H groups in total. The van der Waals surface area contributed by atoms with Gasteiger partial charge >= 0.3 is 5.97 Å². The van der Waals surface area contributed by atoms with Gasteiger partial charge in [-0.25, -0.2) is 0 Å². The summed E-state index contributed by atoms with van der Waals surface area (Å²) in [5, 5.41) is 0. The molecule has 0 amide bonds. The fourth-order valence-electron chi connectivity index (χ4n) is 3.79. The third kappa shape index (κ3) is 1.88. The summed E-state index contributed by atoms with van der Waals surface area (Å²) in [5.41, 5.74) is -0.237. The van der Waals surface area contributed by atoms with Crippen LogP contribution in [0.2, 0.25) is 0 Å². The third-order valence-electron chi connectivity index (χ3n) is 5.96. The number of hydrogen-bond donors (Lipinski definition) is 0. The number of carbonyl (C=O) groups excluding carboxylic acids is 1. The van der Waals surface area contributed by atoms with Gasteiger partial charge in [0, 0.05) is 5.92 Å². The summed E-state index contributed by atoms with van der Waals surface area (Å²) in [6, 6.07) is 0. The summed E-state index contributed by atoms with van der Waals surface area (Å²) in [5.74, 6) is 1.36. The summed E-state index contributed by atoms with van der Waals surface area (Å²) in [6.45, 7) is 12.8. The highest BCUT2D eigenvalue weighted by atomic mass is 16.6. The topological polar surface area (TPSA) is 26.3 Å². The van der Waals surface area contributed by atoms with E-state index in [0.29, 0.717) is 11.3 Å². The van der Waals surface area contributed by atoms with Crippen molar-refractivity contribution in [1.29, 1.82) is 0 Å². The Kier molecular flexibility index (Phi) is 3.07. The monoisotopic (exact) mass is 252 g/mol. The minimum atomic E-state index is -0.353. The van der Waals surface area contributed by atoms with Gasteiger partial charge < -0.3 is 4.74 Å². The molecule has 0 spiro atoms. The Morgan fingerprint density at radius 3 is 2.39 bits per heavy atom. The molecule has 2 nitrogen and oxygen atoms in total. The number of ether oxygens (including phenoxy) is 1. The first-order valence-corrected chi connectivity index (χ1v) is 7.37. The van der Waals surface area contributed by atoms with Gasteiger partial charge in [0.25, 0.3) is 0 Å². The normalized spacial score (nSPS) is 37.9. The SMILES string of the molecule is CCC(C)(C)C(=O)OC1(C)CCC2CC1C2(C)C. The van der Waals surface area contributed by atoms with E-state index in [1.165, 1.54) is 12.8 Å². The summed E-state index contributed by atoms with van der Waals surface area (Å²) in [4.78, 5) is 12.3. The van der Waals surface area contributed by atoms with Gasteiger partial charge in [-0.3, -0.25) is 4.79 Å². The van der Waals surface area contributed by atoms with Crippen LogP contribution in [0, 0.1) is 22.7 Å². The van der Waals surface area contributed by atoms with Gasteiger partial charge in [0.05, 0.1) is 5.41 Å². The lowest BCUT2D eigenvalue weighted by molar-refractivity contribution is -0.224. The Labute approximate surface area is 111 Å². The van der Waals surface area contributed by atoms with Crippen LogP contribution in [0.5, 0.6) is 0 Å². The highest BCUT2D eigenvalue weighted by Gasteiger charge is 2.61. The van der Waals surface area contributed by atoms with E-state index in [-0.39, 0.29) is 17.0 Å². The first-order valence-electron chi connectivity index (χ1n) is 7.37. The van der Waals surface area contributed by atoms with Crippen molar-refractivity contribution in [3.8, 4) is 0 Å². The van der Waals surface area contributed by atoms with E-state index >= 15 is 0 Å². The van der Waals surface area contributed by atoms with Crippen LogP contribution in [0.15, 0.2) is 0 Å². The number of fused-ring (bicyclic) bond motifs is 2. The molecule has 104 valence electrons. The van der Waals surface area contributed by atoms with Crippen molar-refractivity contribution in [3.05, 3.63) is 0 Å². The van der Waals surface area contributed by atoms with Crippen LogP contribution >= 0.6 is 0 Å². The van der Waals surface area contributed by atoms with Gasteiger partial charge in [-0.1, -0.05) is 20.8 Å². The lowest BCUT2D eigenvalue weighted by Crippen LogP contribution is -2.62. The summed E-state index contributed by atoms with van der Waals surface area (Å²) < 4.78 is 5.98. The van der Waals surface area contributed by atoms with Crippen LogP contribution < -0.4 is 0 Å². The van der Waals surface area contributed by atoms with Crippen LogP contribution in [0.3, 0.4) is 0 Å². The van der Waals surface area contributed by atoms with Crippen LogP contribution in [-0.2, 0) is 9.53 Å². The maximum Gasteiger partial charge on any atom is 0.312 e. The minimum absolute atomic E-state index is 0.0198. The van der Waals surface area contributed by atoms with Crippen LogP contribution in [-0.4, -0.2) is 11.6 Å². The van der Waals surface area contributed by atoms with Crippen molar-refractivity contribution >= 4 is 5.97 Å². The van der Waals surface area contributed by atoms with Crippen LogP contribution in [0.25, 0.3) is 0 Å². The van der Waals surface area contributed by atoms with E-state index in [2.05, 4.69) is 20.8 Å². The zero-order chi connectivity index (χ0) is 13.8. The molecule has 0 saturated heterocycles. The maximum absolute atomic E-state index is 12.3. The summed E-state index contributed by atoms with van der Waals surface area (Å²) >= 11 is 0. The van der Waals surface area contributed by atoms with E-state index in [1.54, 1.807) is 0 Å². The number of hydrogen-bond acceptors (Lipinski definition) is 2. The molecule has 0 aromatic carbocycles. The molecule has 3 atom stereocenters.